The van der Waals surface area contributed by atoms with Crippen LogP contribution < -0.4 is 26.5 Å². The van der Waals surface area contributed by atoms with Gasteiger partial charge in [-0.05, 0) is 144 Å². The summed E-state index contributed by atoms with van der Waals surface area (Å²) >= 11 is 11.0. The summed E-state index contributed by atoms with van der Waals surface area (Å²) < 4.78 is 13.1. The molecule has 0 amide bonds. The van der Waals surface area contributed by atoms with Crippen LogP contribution in [0.15, 0.2) is 181 Å². The predicted molar refractivity (Wildman–Crippen MR) is 432 cm³/mol. The largest absolute Gasteiger partial charge is 0.494 e. The molecule has 3 heterocycles. The van der Waals surface area contributed by atoms with Gasteiger partial charge in [-0.25, -0.2) is 14.6 Å². The minimum absolute atomic E-state index is 0. The van der Waals surface area contributed by atoms with E-state index in [1.807, 2.05) is 204 Å². The van der Waals surface area contributed by atoms with E-state index in [4.69, 9.17) is 54.4 Å². The number of carbonyl (C=O) groups is 2. The number of para-hydroxylation sites is 5. The number of hydrogen-bond donors (Lipinski definition) is 4. The Morgan fingerprint density at radius 2 is 0.885 bits per heavy atom. The molecular formula is C78H117BCl2FeN9O13. The van der Waals surface area contributed by atoms with Crippen molar-refractivity contribution in [2.45, 2.75) is 162 Å². The van der Waals surface area contributed by atoms with Gasteiger partial charge in [-0.3, -0.25) is 39.7 Å². The molecule has 7 aromatic carbocycles. The summed E-state index contributed by atoms with van der Waals surface area (Å²) in [4.78, 5) is 71.2. The number of hydrogen-bond acceptors (Lipinski definition) is 16. The van der Waals surface area contributed by atoms with Gasteiger partial charge in [-0.2, -0.15) is 0 Å². The SMILES string of the molecule is CC.CC.CC.CC.CC.CC.CC.CC.CC.Cc1nc2ccccc2c(=O)n1-c1ccc(OCCCN2CCC2)cc1.Nc1ccc(OCCCN2CCC2)cc1.Nc1ccccc1C(=O)O.O=C(O)c1ccccc1[N+](=O)[O-].O=[N+]([O-])c1ccccc1.O=[N+]([O-])c1ccccc1C(Cl)Cl.[B].[Fe]. The number of carboxylic acid groups (broad SMARTS) is 2. The molecule has 577 valence electrons. The number of halogens is 2. The Balaban J connectivity index is -0.000000214. The van der Waals surface area contributed by atoms with Crippen LogP contribution in [-0.2, 0) is 17.1 Å². The van der Waals surface area contributed by atoms with E-state index < -0.39 is 31.5 Å². The standard InChI is InChI=1S/C21H23N3O2.C12H18N2O.C7H5Cl2NO2.C7H5NO4.C7H7NO2.C6H5NO2.9C2H6.B.Fe/c1-16-22-20-7-3-2-6-19(20)21(25)24(16)17-8-10-18(11-9-17)26-15-5-14-23-12-4-13-23;13-11-3-5-12(6-4-11)15-10-2-9-14-7-1-8-14;8-7(9)5-3-1-2-4-6(5)10(11)12;9-7(10)5-3-1-2-4-6(5)8(11)12;8-6-4-2-1-3-5(6)7(9)10;8-7(9)6-4-2-1-3-5-6;9*1-2;;/h2-3,6-11H,4-5,12-15H2,1H3;3-6H,1-2,7-10,13H2;1-4,7H;1-4H,(H,9,10);1-4H,8H2,(H,9,10);1-5H;9*1-2H3;;. The molecule has 2 aliphatic heterocycles. The molecule has 0 unspecified atom stereocenters. The zero-order chi connectivity index (χ0) is 79.0. The topological polar surface area (TPSA) is 316 Å². The molecule has 1 aromatic heterocycles. The molecule has 104 heavy (non-hydrogen) atoms. The molecule has 0 spiro atoms. The van der Waals surface area contributed by atoms with Crippen LogP contribution >= 0.6 is 23.2 Å². The molecule has 2 aliphatic rings. The van der Waals surface area contributed by atoms with Crippen LogP contribution in [0.3, 0.4) is 0 Å². The second-order valence-electron chi connectivity index (χ2n) is 18.4. The van der Waals surface area contributed by atoms with E-state index in [0.717, 1.165) is 67.0 Å². The van der Waals surface area contributed by atoms with Crippen LogP contribution in [-0.4, -0.2) is 117 Å². The Labute approximate surface area is 642 Å². The number of nitro groups is 3. The van der Waals surface area contributed by atoms with Gasteiger partial charge in [0.1, 0.15) is 27.7 Å². The summed E-state index contributed by atoms with van der Waals surface area (Å²) in [5.74, 6) is 0.141. The van der Waals surface area contributed by atoms with Crippen LogP contribution in [0.25, 0.3) is 16.6 Å². The van der Waals surface area contributed by atoms with Gasteiger partial charge in [-0.15, -0.1) is 0 Å². The third-order valence-electron chi connectivity index (χ3n) is 12.4. The minimum atomic E-state index is -1.29. The molecule has 3 radical (unpaired) electrons. The number of aryl methyl sites for hydroxylation is 1. The Morgan fingerprint density at radius 3 is 1.24 bits per heavy atom. The first kappa shape index (κ1) is 108. The number of ether oxygens (including phenoxy) is 2. The van der Waals surface area contributed by atoms with E-state index >= 15 is 0 Å². The molecule has 2 saturated heterocycles. The number of likely N-dealkylation sites (tertiary alicyclic amines) is 2. The number of nitrogen functional groups attached to an aromatic ring is 2. The maximum absolute atomic E-state index is 12.8. The van der Waals surface area contributed by atoms with Crippen molar-refractivity contribution in [3.63, 3.8) is 0 Å². The summed E-state index contributed by atoms with van der Waals surface area (Å²) in [5.41, 5.74) is 13.4. The molecule has 0 bridgehead atoms. The first-order valence-corrected chi connectivity index (χ1v) is 36.1. The fourth-order valence-electron chi connectivity index (χ4n) is 7.86. The monoisotopic (exact) mass is 1520 g/mol. The first-order valence-electron chi connectivity index (χ1n) is 35.2. The normalized spacial score (nSPS) is 10.3. The Bertz CT molecular complexity index is 3470. The zero-order valence-corrected chi connectivity index (χ0v) is 67.3. The van der Waals surface area contributed by atoms with E-state index in [1.54, 1.807) is 53.1 Å². The second kappa shape index (κ2) is 71.1. The Kier molecular flexibility index (Phi) is 74.2. The van der Waals surface area contributed by atoms with Crippen molar-refractivity contribution in [2.75, 3.05) is 63.9 Å². The molecule has 2 fully saturated rings. The average molecular weight is 1530 g/mol. The van der Waals surface area contributed by atoms with Crippen molar-refractivity contribution in [1.82, 2.24) is 19.4 Å². The molecule has 0 atom stereocenters. The Morgan fingerprint density at radius 1 is 0.510 bits per heavy atom. The van der Waals surface area contributed by atoms with Gasteiger partial charge in [0.25, 0.3) is 22.6 Å². The van der Waals surface area contributed by atoms with Crippen molar-refractivity contribution in [1.29, 1.82) is 0 Å². The second-order valence-corrected chi connectivity index (χ2v) is 19.5. The van der Waals surface area contributed by atoms with Crippen LogP contribution in [0.2, 0.25) is 0 Å². The molecule has 22 nitrogen and oxygen atoms in total. The molecule has 6 N–H and O–H groups in total. The Hall–Kier alpha value is -8.90. The van der Waals surface area contributed by atoms with Crippen molar-refractivity contribution in [3.8, 4) is 17.2 Å². The maximum atomic E-state index is 12.8. The number of nitrogens with two attached hydrogens (primary N) is 2. The number of rotatable bonds is 17. The van der Waals surface area contributed by atoms with Crippen LogP contribution in [0.4, 0.5) is 28.4 Å². The summed E-state index contributed by atoms with van der Waals surface area (Å²) in [6, 6.07) is 48.3. The molecule has 10 rings (SSSR count). The summed E-state index contributed by atoms with van der Waals surface area (Å²) in [5, 5.41) is 48.3. The van der Waals surface area contributed by atoms with E-state index in [1.165, 1.54) is 87.6 Å². The number of nitro benzene ring substituents is 3. The van der Waals surface area contributed by atoms with Crippen molar-refractivity contribution >= 4 is 82.9 Å². The van der Waals surface area contributed by atoms with Gasteiger partial charge in [-0.1, -0.05) is 215 Å². The maximum Gasteiger partial charge on any atom is 0.342 e. The van der Waals surface area contributed by atoms with E-state index in [2.05, 4.69) is 14.8 Å². The molecule has 0 aliphatic carbocycles. The number of nitrogens with zero attached hydrogens (tertiary/aromatic N) is 7. The third kappa shape index (κ3) is 44.6. The van der Waals surface area contributed by atoms with E-state index in [9.17, 15) is 44.7 Å². The summed E-state index contributed by atoms with van der Waals surface area (Å²) in [6.07, 6.45) is 4.82. The zero-order valence-electron chi connectivity index (χ0n) is 64.7. The van der Waals surface area contributed by atoms with Gasteiger partial charge in [0.05, 0.1) is 55.7 Å². The quantitative estimate of drug-likeness (QED) is 0.0164. The minimum Gasteiger partial charge on any atom is -0.494 e. The van der Waals surface area contributed by atoms with Crippen LogP contribution in [0.5, 0.6) is 11.5 Å². The number of aromatic nitrogens is 2. The summed E-state index contributed by atoms with van der Waals surface area (Å²) in [7, 11) is 0. The van der Waals surface area contributed by atoms with Gasteiger partial charge >= 0.3 is 11.9 Å². The van der Waals surface area contributed by atoms with Crippen LogP contribution in [0.1, 0.15) is 187 Å². The first-order chi connectivity index (χ1) is 49.3. The molecular weight excluding hydrogens is 1410 g/mol. The number of fused-ring (bicyclic) bond motifs is 1. The fraction of sp³-hybridized carbons (Fsp3) is 0.410. The smallest absolute Gasteiger partial charge is 0.342 e. The summed E-state index contributed by atoms with van der Waals surface area (Å²) in [6.45, 7) is 46.6. The van der Waals surface area contributed by atoms with Crippen molar-refractivity contribution in [2.24, 2.45) is 0 Å². The number of carboxylic acids is 2. The molecule has 0 saturated carbocycles. The third-order valence-corrected chi connectivity index (χ3v) is 12.9. The van der Waals surface area contributed by atoms with E-state index in [0.29, 0.717) is 29.1 Å². The fourth-order valence-corrected chi connectivity index (χ4v) is 8.23. The van der Waals surface area contributed by atoms with Crippen LogP contribution in [0, 0.1) is 37.3 Å². The van der Waals surface area contributed by atoms with E-state index in [-0.39, 0.29) is 59.2 Å². The predicted octanol–water partition coefficient (Wildman–Crippen LogP) is 20.7. The van der Waals surface area contributed by atoms with Gasteiger partial charge < -0.3 is 41.0 Å². The van der Waals surface area contributed by atoms with Crippen molar-refractivity contribution in [3.05, 3.63) is 239 Å². The van der Waals surface area contributed by atoms with Gasteiger partial charge in [0, 0.05) is 74.2 Å². The molecule has 8 aromatic rings. The number of alkyl halides is 2. The van der Waals surface area contributed by atoms with Gasteiger partial charge in [0.15, 0.2) is 0 Å². The van der Waals surface area contributed by atoms with Crippen molar-refractivity contribution < 1.29 is 61.1 Å². The molecule has 26 heteroatoms. The number of anilines is 2. The number of aromatic carboxylic acids is 2. The number of non-ortho nitro benzene ring substituents is 1. The van der Waals surface area contributed by atoms with Gasteiger partial charge in [0.2, 0.25) is 0 Å². The average Bonchev–Trinajstić information content (AvgIpc) is 0.781. The number of benzene rings is 7.